The Bertz CT molecular complexity index is 644. The molecule has 1 atom stereocenters. The van der Waals surface area contributed by atoms with E-state index in [1.807, 2.05) is 34.1 Å². The fourth-order valence-corrected chi connectivity index (χ4v) is 3.25. The lowest BCUT2D eigenvalue weighted by atomic mass is 10.1. The van der Waals surface area contributed by atoms with E-state index in [2.05, 4.69) is 6.58 Å². The Kier molecular flexibility index (Phi) is 9.01. The Morgan fingerprint density at radius 3 is 2.50 bits per heavy atom. The minimum atomic E-state index is -0.461. The van der Waals surface area contributed by atoms with Gasteiger partial charge in [-0.05, 0) is 43.9 Å². The molecule has 1 aromatic rings. The Morgan fingerprint density at radius 2 is 1.82 bits per heavy atom. The van der Waals surface area contributed by atoms with Crippen molar-refractivity contribution in [3.05, 3.63) is 42.5 Å². The van der Waals surface area contributed by atoms with Crippen LogP contribution in [0.1, 0.15) is 31.7 Å². The zero-order valence-electron chi connectivity index (χ0n) is 17.1. The molecule has 1 heterocycles. The summed E-state index contributed by atoms with van der Waals surface area (Å²) in [7, 11) is 1.64. The van der Waals surface area contributed by atoms with Crippen LogP contribution >= 0.6 is 0 Å². The van der Waals surface area contributed by atoms with E-state index in [1.54, 1.807) is 20.1 Å². The van der Waals surface area contributed by atoms with E-state index < -0.39 is 6.10 Å². The minimum absolute atomic E-state index is 0.00315. The SMILES string of the molecule is C=CCCO[C@H](C)C(=O)N1CCCN(C(=O)CCc2ccc(OC)cc2)CC1. The van der Waals surface area contributed by atoms with Gasteiger partial charge in [0.25, 0.3) is 5.91 Å². The molecule has 154 valence electrons. The van der Waals surface area contributed by atoms with Crippen LogP contribution < -0.4 is 4.74 Å². The molecule has 2 rings (SSSR count). The summed E-state index contributed by atoms with van der Waals surface area (Å²) in [6.45, 7) is 8.43. The molecule has 6 heteroatoms. The molecule has 0 bridgehead atoms. The number of hydrogen-bond donors (Lipinski definition) is 0. The summed E-state index contributed by atoms with van der Waals surface area (Å²) in [5.41, 5.74) is 1.12. The molecular formula is C22H32N2O4. The van der Waals surface area contributed by atoms with Gasteiger partial charge in [-0.3, -0.25) is 9.59 Å². The number of aryl methyl sites for hydroxylation is 1. The first-order chi connectivity index (χ1) is 13.5. The molecular weight excluding hydrogens is 356 g/mol. The molecule has 6 nitrogen and oxygen atoms in total. The number of hydrogen-bond acceptors (Lipinski definition) is 4. The molecule has 1 fully saturated rings. The van der Waals surface area contributed by atoms with Crippen LogP contribution in [0.25, 0.3) is 0 Å². The van der Waals surface area contributed by atoms with Crippen LogP contribution in [0.3, 0.4) is 0 Å². The van der Waals surface area contributed by atoms with Gasteiger partial charge in [0.05, 0.1) is 13.7 Å². The lowest BCUT2D eigenvalue weighted by molar-refractivity contribution is -0.142. The van der Waals surface area contributed by atoms with Crippen molar-refractivity contribution in [1.29, 1.82) is 0 Å². The normalized spacial score (nSPS) is 15.6. The molecule has 1 aromatic carbocycles. The van der Waals surface area contributed by atoms with E-state index in [0.717, 1.165) is 24.2 Å². The van der Waals surface area contributed by atoms with Gasteiger partial charge < -0.3 is 19.3 Å². The van der Waals surface area contributed by atoms with Gasteiger partial charge in [-0.2, -0.15) is 0 Å². The number of rotatable bonds is 9. The second-order valence-electron chi connectivity index (χ2n) is 7.00. The van der Waals surface area contributed by atoms with Crippen molar-refractivity contribution in [2.24, 2.45) is 0 Å². The van der Waals surface area contributed by atoms with E-state index in [-0.39, 0.29) is 11.8 Å². The Hall–Kier alpha value is -2.34. The maximum atomic E-state index is 12.6. The molecule has 2 amide bonds. The first kappa shape index (κ1) is 22.0. The van der Waals surface area contributed by atoms with Gasteiger partial charge >= 0.3 is 0 Å². The van der Waals surface area contributed by atoms with E-state index >= 15 is 0 Å². The summed E-state index contributed by atoms with van der Waals surface area (Å²) in [6.07, 6.45) is 4.01. The molecule has 0 spiro atoms. The summed E-state index contributed by atoms with van der Waals surface area (Å²) >= 11 is 0. The molecule has 0 radical (unpaired) electrons. The lowest BCUT2D eigenvalue weighted by Gasteiger charge is -2.25. The number of nitrogens with zero attached hydrogens (tertiary/aromatic N) is 2. The fourth-order valence-electron chi connectivity index (χ4n) is 3.25. The monoisotopic (exact) mass is 388 g/mol. The first-order valence-electron chi connectivity index (χ1n) is 9.97. The number of methoxy groups -OCH3 is 1. The van der Waals surface area contributed by atoms with Gasteiger partial charge in [-0.15, -0.1) is 6.58 Å². The molecule has 1 aliphatic rings. The van der Waals surface area contributed by atoms with Crippen LogP contribution in [0.4, 0.5) is 0 Å². The third kappa shape index (κ3) is 6.68. The van der Waals surface area contributed by atoms with Crippen molar-refractivity contribution in [3.8, 4) is 5.75 Å². The summed E-state index contributed by atoms with van der Waals surface area (Å²) in [5, 5.41) is 0. The molecule has 0 aliphatic carbocycles. The number of ether oxygens (including phenoxy) is 2. The van der Waals surface area contributed by atoms with Gasteiger partial charge in [0.2, 0.25) is 5.91 Å². The van der Waals surface area contributed by atoms with Gasteiger partial charge in [-0.1, -0.05) is 18.2 Å². The van der Waals surface area contributed by atoms with Crippen molar-refractivity contribution < 1.29 is 19.1 Å². The quantitative estimate of drug-likeness (QED) is 0.482. The number of amides is 2. The number of carbonyl (C=O) groups is 2. The van der Waals surface area contributed by atoms with Gasteiger partial charge in [-0.25, -0.2) is 0 Å². The zero-order valence-corrected chi connectivity index (χ0v) is 17.1. The van der Waals surface area contributed by atoms with Gasteiger partial charge in [0, 0.05) is 32.6 Å². The van der Waals surface area contributed by atoms with E-state index in [9.17, 15) is 9.59 Å². The first-order valence-corrected chi connectivity index (χ1v) is 9.97. The van der Waals surface area contributed by atoms with Crippen molar-refractivity contribution in [1.82, 2.24) is 9.80 Å². The van der Waals surface area contributed by atoms with E-state index in [4.69, 9.17) is 9.47 Å². The predicted molar refractivity (Wildman–Crippen MR) is 109 cm³/mol. The van der Waals surface area contributed by atoms with Gasteiger partial charge in [0.15, 0.2) is 0 Å². The van der Waals surface area contributed by atoms with E-state index in [1.165, 1.54) is 0 Å². The molecule has 1 saturated heterocycles. The summed E-state index contributed by atoms with van der Waals surface area (Å²) in [4.78, 5) is 28.8. The second kappa shape index (κ2) is 11.5. The fraction of sp³-hybridized carbons (Fsp3) is 0.545. The summed E-state index contributed by atoms with van der Waals surface area (Å²) < 4.78 is 10.7. The van der Waals surface area contributed by atoms with Crippen LogP contribution in [0.2, 0.25) is 0 Å². The van der Waals surface area contributed by atoms with E-state index in [0.29, 0.717) is 45.6 Å². The largest absolute Gasteiger partial charge is 0.497 e. The average molecular weight is 389 g/mol. The second-order valence-corrected chi connectivity index (χ2v) is 7.00. The van der Waals surface area contributed by atoms with Crippen LogP contribution in [-0.4, -0.2) is 67.6 Å². The summed E-state index contributed by atoms with van der Waals surface area (Å²) in [6, 6.07) is 7.80. The number of carbonyl (C=O) groups excluding carboxylic acids is 2. The van der Waals surface area contributed by atoms with Gasteiger partial charge in [0.1, 0.15) is 11.9 Å². The Balaban J connectivity index is 1.78. The van der Waals surface area contributed by atoms with Crippen molar-refractivity contribution >= 4 is 11.8 Å². The lowest BCUT2D eigenvalue weighted by Crippen LogP contribution is -2.42. The Morgan fingerprint density at radius 1 is 1.14 bits per heavy atom. The Labute approximate surface area is 168 Å². The van der Waals surface area contributed by atoms with Crippen molar-refractivity contribution in [3.63, 3.8) is 0 Å². The van der Waals surface area contributed by atoms with Crippen molar-refractivity contribution in [2.75, 3.05) is 39.9 Å². The number of benzene rings is 1. The summed E-state index contributed by atoms with van der Waals surface area (Å²) in [5.74, 6) is 0.951. The zero-order chi connectivity index (χ0) is 20.4. The molecule has 1 aliphatic heterocycles. The van der Waals surface area contributed by atoms with Crippen LogP contribution in [0.5, 0.6) is 5.75 Å². The molecule has 28 heavy (non-hydrogen) atoms. The highest BCUT2D eigenvalue weighted by Gasteiger charge is 2.25. The van der Waals surface area contributed by atoms with Crippen LogP contribution in [0, 0.1) is 0 Å². The van der Waals surface area contributed by atoms with Crippen LogP contribution in [0.15, 0.2) is 36.9 Å². The van der Waals surface area contributed by atoms with Crippen LogP contribution in [-0.2, 0) is 20.7 Å². The standard InChI is InChI=1S/C22H32N2O4/c1-4-5-17-28-18(2)22(26)24-14-6-13-23(15-16-24)21(25)12-9-19-7-10-20(27-3)11-8-19/h4,7-8,10-11,18H,1,5-6,9,12-17H2,2-3H3/t18-/m1/s1. The predicted octanol–water partition coefficient (Wildman–Crippen LogP) is 2.67. The highest BCUT2D eigenvalue weighted by atomic mass is 16.5. The molecule has 0 saturated carbocycles. The highest BCUT2D eigenvalue weighted by Crippen LogP contribution is 2.14. The molecule has 0 aromatic heterocycles. The minimum Gasteiger partial charge on any atom is -0.497 e. The molecule has 0 unspecified atom stereocenters. The highest BCUT2D eigenvalue weighted by molar-refractivity contribution is 5.81. The van der Waals surface area contributed by atoms with Crippen molar-refractivity contribution in [2.45, 2.75) is 38.7 Å². The maximum absolute atomic E-state index is 12.6. The molecule has 0 N–H and O–H groups in total. The topological polar surface area (TPSA) is 59.1 Å². The third-order valence-corrected chi connectivity index (χ3v) is 4.98. The maximum Gasteiger partial charge on any atom is 0.251 e. The third-order valence-electron chi connectivity index (χ3n) is 4.98. The smallest absolute Gasteiger partial charge is 0.251 e. The average Bonchev–Trinajstić information content (AvgIpc) is 2.98.